The number of rotatable bonds is 7. The van der Waals surface area contributed by atoms with Gasteiger partial charge in [-0.1, -0.05) is 27.7 Å². The van der Waals surface area contributed by atoms with Crippen LogP contribution in [0.25, 0.3) is 0 Å². The Morgan fingerprint density at radius 1 is 1.00 bits per heavy atom. The third kappa shape index (κ3) is 4.90. The second kappa shape index (κ2) is 8.11. The van der Waals surface area contributed by atoms with Gasteiger partial charge in [0.25, 0.3) is 0 Å². The van der Waals surface area contributed by atoms with E-state index in [9.17, 15) is 14.4 Å². The Labute approximate surface area is 152 Å². The van der Waals surface area contributed by atoms with Crippen molar-refractivity contribution in [2.75, 3.05) is 13.6 Å². The lowest BCUT2D eigenvalue weighted by molar-refractivity contribution is -0.131. The highest BCUT2D eigenvalue weighted by atomic mass is 16.2. The first-order valence-electron chi connectivity index (χ1n) is 9.12. The van der Waals surface area contributed by atoms with Crippen LogP contribution in [0.1, 0.15) is 67.7 Å². The van der Waals surface area contributed by atoms with Crippen molar-refractivity contribution in [1.29, 1.82) is 0 Å². The first kappa shape index (κ1) is 21.3. The average molecular weight is 347 g/mol. The van der Waals surface area contributed by atoms with Crippen LogP contribution in [0, 0.1) is 11.3 Å². The van der Waals surface area contributed by atoms with Gasteiger partial charge in [-0.2, -0.15) is 0 Å². The molecule has 4 nitrogen and oxygen atoms in total. The summed E-state index contributed by atoms with van der Waals surface area (Å²) in [6, 6.07) is 0. The lowest BCUT2D eigenvalue weighted by Crippen LogP contribution is -2.36. The summed E-state index contributed by atoms with van der Waals surface area (Å²) in [6.07, 6.45) is 2.28. The molecule has 0 saturated heterocycles. The summed E-state index contributed by atoms with van der Waals surface area (Å²) < 4.78 is 0. The third-order valence-electron chi connectivity index (χ3n) is 5.16. The number of carbonyl (C=O) groups excluding carboxylic acids is 3. The molecule has 0 bridgehead atoms. The van der Waals surface area contributed by atoms with Crippen molar-refractivity contribution in [3.63, 3.8) is 0 Å². The van der Waals surface area contributed by atoms with Gasteiger partial charge < -0.3 is 4.90 Å². The molecule has 0 N–H and O–H groups in total. The van der Waals surface area contributed by atoms with Crippen LogP contribution in [0.4, 0.5) is 0 Å². The molecular weight excluding hydrogens is 314 g/mol. The standard InChI is InChI=1S/C21H33NO3/c1-13(2)10-9-11-22(8)17(23)12-21(6,7)18-16(5)19(24)14(3)15(4)20(18)25/h13H,9-12H2,1-8H3. The molecule has 25 heavy (non-hydrogen) atoms. The Kier molecular flexibility index (Phi) is 6.92. The number of amides is 1. The van der Waals surface area contributed by atoms with Crippen molar-refractivity contribution in [2.24, 2.45) is 11.3 Å². The number of hydrogen-bond donors (Lipinski definition) is 0. The lowest BCUT2D eigenvalue weighted by Gasteiger charge is -2.32. The Bertz CT molecular complexity index is 636. The highest BCUT2D eigenvalue weighted by Crippen LogP contribution is 2.39. The van der Waals surface area contributed by atoms with Gasteiger partial charge in [0.15, 0.2) is 11.6 Å². The summed E-state index contributed by atoms with van der Waals surface area (Å²) >= 11 is 0. The minimum Gasteiger partial charge on any atom is -0.346 e. The molecule has 1 rings (SSSR count). The van der Waals surface area contributed by atoms with Gasteiger partial charge in [0.1, 0.15) is 0 Å². The molecule has 0 heterocycles. The van der Waals surface area contributed by atoms with E-state index >= 15 is 0 Å². The molecule has 0 aromatic rings. The van der Waals surface area contributed by atoms with Gasteiger partial charge >= 0.3 is 0 Å². The zero-order valence-electron chi connectivity index (χ0n) is 17.1. The molecule has 1 aliphatic carbocycles. The number of nitrogens with zero attached hydrogens (tertiary/aromatic N) is 1. The summed E-state index contributed by atoms with van der Waals surface area (Å²) in [5.41, 5.74) is 1.32. The molecule has 0 radical (unpaired) electrons. The maximum atomic E-state index is 12.7. The van der Waals surface area contributed by atoms with Gasteiger partial charge in [-0.15, -0.1) is 0 Å². The summed E-state index contributed by atoms with van der Waals surface area (Å²) in [5, 5.41) is 0. The van der Waals surface area contributed by atoms with Crippen LogP contribution in [-0.4, -0.2) is 36.0 Å². The van der Waals surface area contributed by atoms with Crippen molar-refractivity contribution in [1.82, 2.24) is 4.90 Å². The van der Waals surface area contributed by atoms with E-state index in [1.807, 2.05) is 20.9 Å². The molecule has 1 amide bonds. The number of Topliss-reactive ketones (excluding diaryl/α,β-unsaturated/α-hetero) is 2. The van der Waals surface area contributed by atoms with E-state index in [2.05, 4.69) is 13.8 Å². The lowest BCUT2D eigenvalue weighted by atomic mass is 9.71. The van der Waals surface area contributed by atoms with Crippen molar-refractivity contribution < 1.29 is 14.4 Å². The first-order valence-corrected chi connectivity index (χ1v) is 9.12. The molecule has 0 aromatic carbocycles. The topological polar surface area (TPSA) is 54.5 Å². The molecule has 0 saturated carbocycles. The molecule has 0 spiro atoms. The largest absolute Gasteiger partial charge is 0.346 e. The second-order valence-corrected chi connectivity index (χ2v) is 8.32. The van der Waals surface area contributed by atoms with Crippen molar-refractivity contribution in [2.45, 2.75) is 67.7 Å². The normalized spacial score (nSPS) is 16.2. The zero-order valence-corrected chi connectivity index (χ0v) is 17.1. The van der Waals surface area contributed by atoms with Crippen LogP contribution >= 0.6 is 0 Å². The number of carbonyl (C=O) groups is 3. The van der Waals surface area contributed by atoms with Gasteiger partial charge in [-0.05, 0) is 39.5 Å². The summed E-state index contributed by atoms with van der Waals surface area (Å²) in [5.74, 6) is 0.447. The fraction of sp³-hybridized carbons (Fsp3) is 0.667. The fourth-order valence-corrected chi connectivity index (χ4v) is 3.37. The smallest absolute Gasteiger partial charge is 0.223 e. The maximum absolute atomic E-state index is 12.7. The van der Waals surface area contributed by atoms with Gasteiger partial charge in [0.2, 0.25) is 5.91 Å². The molecule has 0 fully saturated rings. The SMILES string of the molecule is CC1=C(C)C(=O)C(C(C)(C)CC(=O)N(C)CCCC(C)C)=C(C)C1=O. The molecule has 0 aromatic heterocycles. The highest BCUT2D eigenvalue weighted by Gasteiger charge is 2.38. The predicted molar refractivity (Wildman–Crippen MR) is 101 cm³/mol. The van der Waals surface area contributed by atoms with E-state index in [-0.39, 0.29) is 23.9 Å². The monoisotopic (exact) mass is 347 g/mol. The second-order valence-electron chi connectivity index (χ2n) is 8.32. The Morgan fingerprint density at radius 3 is 2.04 bits per heavy atom. The number of hydrogen-bond acceptors (Lipinski definition) is 3. The van der Waals surface area contributed by atoms with Crippen LogP contribution in [0.2, 0.25) is 0 Å². The van der Waals surface area contributed by atoms with Crippen LogP contribution in [-0.2, 0) is 14.4 Å². The van der Waals surface area contributed by atoms with E-state index in [1.165, 1.54) is 0 Å². The summed E-state index contributed by atoms with van der Waals surface area (Å²) in [4.78, 5) is 39.5. The van der Waals surface area contributed by atoms with Crippen LogP contribution in [0.5, 0.6) is 0 Å². The van der Waals surface area contributed by atoms with Crippen LogP contribution in [0.3, 0.4) is 0 Å². The number of ketones is 2. The summed E-state index contributed by atoms with van der Waals surface area (Å²) in [7, 11) is 1.81. The van der Waals surface area contributed by atoms with Gasteiger partial charge in [-0.3, -0.25) is 14.4 Å². The van der Waals surface area contributed by atoms with E-state index in [1.54, 1.807) is 25.7 Å². The van der Waals surface area contributed by atoms with E-state index in [4.69, 9.17) is 0 Å². The van der Waals surface area contributed by atoms with Gasteiger partial charge in [-0.25, -0.2) is 0 Å². The molecule has 4 heteroatoms. The van der Waals surface area contributed by atoms with E-state index < -0.39 is 5.41 Å². The van der Waals surface area contributed by atoms with E-state index in [0.29, 0.717) is 28.2 Å². The number of allylic oxidation sites excluding steroid dienone is 4. The first-order chi connectivity index (χ1) is 11.4. The third-order valence-corrected chi connectivity index (χ3v) is 5.16. The maximum Gasteiger partial charge on any atom is 0.223 e. The molecular formula is C21H33NO3. The highest BCUT2D eigenvalue weighted by molar-refractivity contribution is 6.25. The molecule has 140 valence electrons. The molecule has 0 aliphatic heterocycles. The predicted octanol–water partition coefficient (Wildman–Crippen LogP) is 4.10. The minimum absolute atomic E-state index is 0.0123. The van der Waals surface area contributed by atoms with Crippen molar-refractivity contribution >= 4 is 17.5 Å². The van der Waals surface area contributed by atoms with Crippen molar-refractivity contribution in [3.8, 4) is 0 Å². The Morgan fingerprint density at radius 2 is 1.52 bits per heavy atom. The minimum atomic E-state index is -0.665. The Balaban J connectivity index is 2.92. The summed E-state index contributed by atoms with van der Waals surface area (Å²) in [6.45, 7) is 13.9. The zero-order chi connectivity index (χ0) is 19.5. The van der Waals surface area contributed by atoms with E-state index in [0.717, 1.165) is 19.4 Å². The van der Waals surface area contributed by atoms with Gasteiger partial charge in [0.05, 0.1) is 0 Å². The van der Waals surface area contributed by atoms with Crippen LogP contribution in [0.15, 0.2) is 22.3 Å². The average Bonchev–Trinajstić information content (AvgIpc) is 2.49. The molecule has 0 atom stereocenters. The Hall–Kier alpha value is -1.71. The fourth-order valence-electron chi connectivity index (χ4n) is 3.37. The quantitative estimate of drug-likeness (QED) is 0.652. The van der Waals surface area contributed by atoms with Gasteiger partial charge in [0, 0.05) is 47.7 Å². The molecule has 1 aliphatic rings. The molecule has 0 unspecified atom stereocenters. The van der Waals surface area contributed by atoms with Crippen LogP contribution < -0.4 is 0 Å². The van der Waals surface area contributed by atoms with Crippen molar-refractivity contribution in [3.05, 3.63) is 22.3 Å².